The van der Waals surface area contributed by atoms with Gasteiger partial charge in [0.05, 0.1) is 10.6 Å². The second-order valence-corrected chi connectivity index (χ2v) is 9.28. The van der Waals surface area contributed by atoms with Crippen molar-refractivity contribution < 1.29 is 14.4 Å². The largest absolute Gasteiger partial charge is 0.352 e. The normalized spacial score (nSPS) is 15.8. The van der Waals surface area contributed by atoms with Crippen LogP contribution in [0, 0.1) is 12.8 Å². The predicted molar refractivity (Wildman–Crippen MR) is 135 cm³/mol. The van der Waals surface area contributed by atoms with Crippen molar-refractivity contribution in [2.24, 2.45) is 5.92 Å². The number of nitrogens with one attached hydrogen (secondary N) is 3. The summed E-state index contributed by atoms with van der Waals surface area (Å²) >= 11 is 6.19. The van der Waals surface area contributed by atoms with E-state index in [1.165, 1.54) is 0 Å². The highest BCUT2D eigenvalue weighted by atomic mass is 35.5. The van der Waals surface area contributed by atoms with Crippen molar-refractivity contribution in [2.45, 2.75) is 52.1 Å². The number of hydrogen-bond donors (Lipinski definition) is 3. The number of nitrogens with zero attached hydrogens (tertiary/aromatic N) is 1. The number of halogens is 1. The van der Waals surface area contributed by atoms with E-state index in [1.54, 1.807) is 29.2 Å². The zero-order valence-corrected chi connectivity index (χ0v) is 20.7. The summed E-state index contributed by atoms with van der Waals surface area (Å²) in [6.07, 6.45) is 1.99. The molecule has 1 fully saturated rings. The van der Waals surface area contributed by atoms with Gasteiger partial charge in [0.1, 0.15) is 6.04 Å². The van der Waals surface area contributed by atoms with Crippen LogP contribution >= 0.6 is 11.6 Å². The van der Waals surface area contributed by atoms with Gasteiger partial charge in [-0.3, -0.25) is 9.59 Å². The average molecular weight is 485 g/mol. The third-order valence-corrected chi connectivity index (χ3v) is 6.62. The van der Waals surface area contributed by atoms with E-state index in [0.29, 0.717) is 36.5 Å². The lowest BCUT2D eigenvalue weighted by Crippen LogP contribution is -2.55. The monoisotopic (exact) mass is 484 g/mol. The molecule has 0 saturated carbocycles. The molecule has 1 heterocycles. The fourth-order valence-corrected chi connectivity index (χ4v) is 4.19. The van der Waals surface area contributed by atoms with Gasteiger partial charge in [0, 0.05) is 24.8 Å². The Morgan fingerprint density at radius 1 is 1.03 bits per heavy atom. The average Bonchev–Trinajstić information content (AvgIpc) is 2.84. The fourth-order valence-electron chi connectivity index (χ4n) is 3.97. The van der Waals surface area contributed by atoms with Crippen molar-refractivity contribution in [3.05, 3.63) is 64.7 Å². The second-order valence-electron chi connectivity index (χ2n) is 8.87. The van der Waals surface area contributed by atoms with Gasteiger partial charge in [-0.15, -0.1) is 0 Å². The third kappa shape index (κ3) is 6.73. The lowest BCUT2D eigenvalue weighted by atomic mass is 9.88. The smallest absolute Gasteiger partial charge is 0.321 e. The molecule has 1 aliphatic heterocycles. The Morgan fingerprint density at radius 2 is 1.68 bits per heavy atom. The molecule has 2 aromatic carbocycles. The molecule has 0 bridgehead atoms. The number of urea groups is 1. The quantitative estimate of drug-likeness (QED) is 0.536. The van der Waals surface area contributed by atoms with Crippen LogP contribution in [0.1, 0.15) is 49.0 Å². The van der Waals surface area contributed by atoms with Gasteiger partial charge in [0.25, 0.3) is 5.91 Å². The predicted octanol–water partition coefficient (Wildman–Crippen LogP) is 4.61. The Morgan fingerprint density at radius 3 is 2.29 bits per heavy atom. The maximum absolute atomic E-state index is 13.1. The number of amides is 4. The van der Waals surface area contributed by atoms with Crippen LogP contribution < -0.4 is 16.0 Å². The second kappa shape index (κ2) is 11.9. The molecule has 0 aromatic heterocycles. The fraction of sp³-hybridized carbons (Fsp3) is 0.423. The van der Waals surface area contributed by atoms with E-state index in [0.717, 1.165) is 17.7 Å². The number of piperidine rings is 1. The van der Waals surface area contributed by atoms with Gasteiger partial charge in [-0.05, 0) is 63.3 Å². The SMILES string of the molecule is CC[C@H](C)NC(=O)[C@@H](NC(=O)c1ccccc1Cl)C1CCN(C(=O)Nc2ccc(C)cc2)CC1. The zero-order valence-electron chi connectivity index (χ0n) is 19.9. The molecule has 4 amide bonds. The van der Waals surface area contributed by atoms with E-state index >= 15 is 0 Å². The van der Waals surface area contributed by atoms with Crippen molar-refractivity contribution in [1.29, 1.82) is 0 Å². The first-order valence-electron chi connectivity index (χ1n) is 11.8. The standard InChI is InChI=1S/C26H33ClN4O3/c1-4-18(3)28-25(33)23(30-24(32)21-7-5-6-8-22(21)27)19-13-15-31(16-14-19)26(34)29-20-11-9-17(2)10-12-20/h5-12,18-19,23H,4,13-16H2,1-3H3,(H,28,33)(H,29,34)(H,30,32)/t18-,23-/m0/s1. The number of carbonyl (C=O) groups is 3. The Balaban J connectivity index is 1.66. The molecule has 0 radical (unpaired) electrons. The van der Waals surface area contributed by atoms with Gasteiger partial charge in [-0.25, -0.2) is 4.79 Å². The van der Waals surface area contributed by atoms with Crippen LogP contribution in [0.5, 0.6) is 0 Å². The highest BCUT2D eigenvalue weighted by Crippen LogP contribution is 2.23. The first kappa shape index (κ1) is 25.6. The molecule has 34 heavy (non-hydrogen) atoms. The molecule has 0 spiro atoms. The Kier molecular flexibility index (Phi) is 8.93. The summed E-state index contributed by atoms with van der Waals surface area (Å²) < 4.78 is 0. The summed E-state index contributed by atoms with van der Waals surface area (Å²) in [5.41, 5.74) is 2.20. The maximum atomic E-state index is 13.1. The molecule has 2 aromatic rings. The van der Waals surface area contributed by atoms with E-state index in [1.807, 2.05) is 45.0 Å². The van der Waals surface area contributed by atoms with Gasteiger partial charge in [-0.1, -0.05) is 48.4 Å². The first-order valence-corrected chi connectivity index (χ1v) is 12.1. The van der Waals surface area contributed by atoms with Crippen LogP contribution in [-0.2, 0) is 4.79 Å². The first-order chi connectivity index (χ1) is 16.3. The molecule has 7 nitrogen and oxygen atoms in total. The number of benzene rings is 2. The molecule has 2 atom stereocenters. The molecule has 3 rings (SSSR count). The minimum absolute atomic E-state index is 0.00686. The van der Waals surface area contributed by atoms with E-state index in [-0.39, 0.29) is 29.8 Å². The lowest BCUT2D eigenvalue weighted by Gasteiger charge is -2.36. The molecular formula is C26H33ClN4O3. The van der Waals surface area contributed by atoms with E-state index in [4.69, 9.17) is 11.6 Å². The zero-order chi connectivity index (χ0) is 24.7. The number of carbonyl (C=O) groups excluding carboxylic acids is 3. The number of hydrogen-bond acceptors (Lipinski definition) is 3. The van der Waals surface area contributed by atoms with Crippen LogP contribution in [0.25, 0.3) is 0 Å². The summed E-state index contributed by atoms with van der Waals surface area (Å²) in [6.45, 7) is 6.92. The molecule has 0 unspecified atom stereocenters. The van der Waals surface area contributed by atoms with Crippen LogP contribution in [0.2, 0.25) is 5.02 Å². The lowest BCUT2D eigenvalue weighted by molar-refractivity contribution is -0.125. The van der Waals surface area contributed by atoms with Gasteiger partial charge < -0.3 is 20.9 Å². The van der Waals surface area contributed by atoms with Crippen molar-refractivity contribution in [3.8, 4) is 0 Å². The minimum Gasteiger partial charge on any atom is -0.352 e. The van der Waals surface area contributed by atoms with Gasteiger partial charge in [-0.2, -0.15) is 0 Å². The van der Waals surface area contributed by atoms with E-state index < -0.39 is 6.04 Å². The molecular weight excluding hydrogens is 452 g/mol. The molecule has 1 saturated heterocycles. The third-order valence-electron chi connectivity index (χ3n) is 6.29. The summed E-state index contributed by atoms with van der Waals surface area (Å²) in [5.74, 6) is -0.689. The summed E-state index contributed by atoms with van der Waals surface area (Å²) in [6, 6.07) is 13.5. The highest BCUT2D eigenvalue weighted by Gasteiger charge is 2.34. The van der Waals surface area contributed by atoms with E-state index in [9.17, 15) is 14.4 Å². The van der Waals surface area contributed by atoms with Crippen LogP contribution in [0.3, 0.4) is 0 Å². The number of likely N-dealkylation sites (tertiary alicyclic amines) is 1. The number of anilines is 1. The van der Waals surface area contributed by atoms with Crippen LogP contribution in [0.15, 0.2) is 48.5 Å². The Labute approximate surface area is 206 Å². The highest BCUT2D eigenvalue weighted by molar-refractivity contribution is 6.33. The van der Waals surface area contributed by atoms with Gasteiger partial charge in [0.2, 0.25) is 5.91 Å². The van der Waals surface area contributed by atoms with Gasteiger partial charge in [0.15, 0.2) is 0 Å². The molecule has 1 aliphatic rings. The van der Waals surface area contributed by atoms with Crippen LogP contribution in [-0.4, -0.2) is 47.9 Å². The molecule has 182 valence electrons. The van der Waals surface area contributed by atoms with E-state index in [2.05, 4.69) is 16.0 Å². The van der Waals surface area contributed by atoms with Crippen molar-refractivity contribution in [1.82, 2.24) is 15.5 Å². The molecule has 0 aliphatic carbocycles. The van der Waals surface area contributed by atoms with Crippen molar-refractivity contribution in [2.75, 3.05) is 18.4 Å². The summed E-state index contributed by atoms with van der Waals surface area (Å²) in [4.78, 5) is 40.5. The summed E-state index contributed by atoms with van der Waals surface area (Å²) in [5, 5.41) is 9.16. The Hall–Kier alpha value is -3.06. The van der Waals surface area contributed by atoms with Crippen molar-refractivity contribution >= 4 is 35.1 Å². The number of rotatable bonds is 7. The number of aryl methyl sites for hydroxylation is 1. The minimum atomic E-state index is -0.708. The van der Waals surface area contributed by atoms with Gasteiger partial charge >= 0.3 is 6.03 Å². The van der Waals surface area contributed by atoms with Crippen LogP contribution in [0.4, 0.5) is 10.5 Å². The maximum Gasteiger partial charge on any atom is 0.321 e. The summed E-state index contributed by atoms with van der Waals surface area (Å²) in [7, 11) is 0. The molecule has 8 heteroatoms. The Bertz CT molecular complexity index is 1000. The molecule has 3 N–H and O–H groups in total. The topological polar surface area (TPSA) is 90.5 Å². The van der Waals surface area contributed by atoms with Crippen molar-refractivity contribution in [3.63, 3.8) is 0 Å².